The van der Waals surface area contributed by atoms with Gasteiger partial charge in [-0.3, -0.25) is 19.9 Å². The molecule has 1 aromatic heterocycles. The van der Waals surface area contributed by atoms with Crippen molar-refractivity contribution < 1.29 is 9.59 Å². The second-order valence-electron chi connectivity index (χ2n) is 6.73. The monoisotopic (exact) mass is 401 g/mol. The smallest absolute Gasteiger partial charge is 0.258 e. The molecule has 0 aliphatic carbocycles. The van der Waals surface area contributed by atoms with Gasteiger partial charge >= 0.3 is 0 Å². The Hall–Kier alpha value is -4.00. The molecule has 0 unspecified atom stereocenters. The molecular weight excluding hydrogens is 378 g/mol. The minimum Gasteiger partial charge on any atom is -0.326 e. The van der Waals surface area contributed by atoms with E-state index >= 15 is 0 Å². The lowest BCUT2D eigenvalue weighted by Crippen LogP contribution is -2.36. The van der Waals surface area contributed by atoms with Crippen LogP contribution in [0.25, 0.3) is 0 Å². The Morgan fingerprint density at radius 1 is 0.933 bits per heavy atom. The fourth-order valence-electron chi connectivity index (χ4n) is 2.66. The van der Waals surface area contributed by atoms with Crippen molar-refractivity contribution in [1.82, 2.24) is 10.3 Å². The standard InChI is InChI=1S/C23H23N5O2/c1-16-6-8-20(9-7-16)27-23(25-15-18-10-12-24-13-11-18)28-22(30)19-4-3-5-21(14-19)26-17(2)29/h3-14H,15H2,1-2H3,(H,26,29)(H2,25,27,28,30). The topological polar surface area (TPSA) is 95.5 Å². The zero-order chi connectivity index (χ0) is 21.3. The van der Waals surface area contributed by atoms with Gasteiger partial charge in [0.15, 0.2) is 0 Å². The number of benzene rings is 2. The fourth-order valence-corrected chi connectivity index (χ4v) is 2.66. The molecule has 0 saturated carbocycles. The van der Waals surface area contributed by atoms with Gasteiger partial charge < -0.3 is 10.6 Å². The second-order valence-corrected chi connectivity index (χ2v) is 6.73. The minimum absolute atomic E-state index is 0.201. The van der Waals surface area contributed by atoms with Crippen LogP contribution in [0.15, 0.2) is 78.0 Å². The number of carbonyl (C=O) groups is 2. The molecule has 0 spiro atoms. The molecule has 3 N–H and O–H groups in total. The Morgan fingerprint density at radius 3 is 2.37 bits per heavy atom. The summed E-state index contributed by atoms with van der Waals surface area (Å²) in [5.41, 5.74) is 3.87. The van der Waals surface area contributed by atoms with Crippen molar-refractivity contribution in [1.29, 1.82) is 0 Å². The molecular formula is C23H23N5O2. The first kappa shape index (κ1) is 20.7. The Labute approximate surface area is 175 Å². The number of pyridine rings is 1. The van der Waals surface area contributed by atoms with E-state index in [9.17, 15) is 9.59 Å². The van der Waals surface area contributed by atoms with E-state index in [1.54, 1.807) is 36.7 Å². The molecule has 0 fully saturated rings. The van der Waals surface area contributed by atoms with Gasteiger partial charge in [0.25, 0.3) is 5.91 Å². The van der Waals surface area contributed by atoms with Crippen LogP contribution < -0.4 is 16.0 Å². The van der Waals surface area contributed by atoms with E-state index in [1.165, 1.54) is 6.92 Å². The van der Waals surface area contributed by atoms with Crippen LogP contribution >= 0.6 is 0 Å². The van der Waals surface area contributed by atoms with Gasteiger partial charge in [-0.25, -0.2) is 4.99 Å². The predicted octanol–water partition coefficient (Wildman–Crippen LogP) is 3.75. The normalized spacial score (nSPS) is 10.9. The molecule has 2 aromatic carbocycles. The third kappa shape index (κ3) is 6.27. The maximum Gasteiger partial charge on any atom is 0.258 e. The summed E-state index contributed by atoms with van der Waals surface area (Å²) in [6.45, 7) is 3.80. The first-order chi connectivity index (χ1) is 14.5. The lowest BCUT2D eigenvalue weighted by Gasteiger charge is -2.13. The number of hydrogen-bond donors (Lipinski definition) is 3. The zero-order valence-corrected chi connectivity index (χ0v) is 16.8. The van der Waals surface area contributed by atoms with Gasteiger partial charge in [0, 0.05) is 36.3 Å². The average molecular weight is 401 g/mol. The highest BCUT2D eigenvalue weighted by Crippen LogP contribution is 2.12. The summed E-state index contributed by atoms with van der Waals surface area (Å²) in [6, 6.07) is 18.2. The van der Waals surface area contributed by atoms with E-state index in [0.29, 0.717) is 23.8 Å². The SMILES string of the molecule is CC(=O)Nc1cccc(C(=O)NC(=NCc2ccncc2)Nc2ccc(C)cc2)c1. The number of aryl methyl sites for hydroxylation is 1. The van der Waals surface area contributed by atoms with Gasteiger partial charge in [-0.05, 0) is 55.0 Å². The summed E-state index contributed by atoms with van der Waals surface area (Å²) in [6.07, 6.45) is 3.40. The first-order valence-electron chi connectivity index (χ1n) is 9.45. The second kappa shape index (κ2) is 9.97. The molecule has 7 heteroatoms. The van der Waals surface area contributed by atoms with Crippen LogP contribution in [0.2, 0.25) is 0 Å². The quantitative estimate of drug-likeness (QED) is 0.448. The number of carbonyl (C=O) groups excluding carboxylic acids is 2. The minimum atomic E-state index is -0.338. The highest BCUT2D eigenvalue weighted by Gasteiger charge is 2.11. The highest BCUT2D eigenvalue weighted by atomic mass is 16.2. The number of aromatic nitrogens is 1. The van der Waals surface area contributed by atoms with Crippen molar-refractivity contribution in [2.45, 2.75) is 20.4 Å². The molecule has 0 atom stereocenters. The predicted molar refractivity (Wildman–Crippen MR) is 118 cm³/mol. The van der Waals surface area contributed by atoms with Crippen LogP contribution in [0.4, 0.5) is 11.4 Å². The maximum atomic E-state index is 12.8. The van der Waals surface area contributed by atoms with Crippen LogP contribution in [-0.4, -0.2) is 22.8 Å². The first-order valence-corrected chi connectivity index (χ1v) is 9.45. The number of rotatable bonds is 5. The number of anilines is 2. The zero-order valence-electron chi connectivity index (χ0n) is 16.8. The van der Waals surface area contributed by atoms with Crippen molar-refractivity contribution in [2.75, 3.05) is 10.6 Å². The molecule has 30 heavy (non-hydrogen) atoms. The van der Waals surface area contributed by atoms with E-state index in [1.807, 2.05) is 43.3 Å². The summed E-state index contributed by atoms with van der Waals surface area (Å²) < 4.78 is 0. The van der Waals surface area contributed by atoms with Crippen molar-refractivity contribution in [3.8, 4) is 0 Å². The molecule has 0 bridgehead atoms. The van der Waals surface area contributed by atoms with Crippen molar-refractivity contribution in [3.63, 3.8) is 0 Å². The number of nitrogens with zero attached hydrogens (tertiary/aromatic N) is 2. The average Bonchev–Trinajstić information content (AvgIpc) is 2.74. The number of aliphatic imine (C=N–C) groups is 1. The Bertz CT molecular complexity index is 1050. The van der Waals surface area contributed by atoms with Crippen molar-refractivity contribution >= 4 is 29.1 Å². The van der Waals surface area contributed by atoms with Crippen LogP contribution in [0.5, 0.6) is 0 Å². The van der Waals surface area contributed by atoms with E-state index in [4.69, 9.17) is 0 Å². The van der Waals surface area contributed by atoms with Gasteiger partial charge in [-0.2, -0.15) is 0 Å². The lowest BCUT2D eigenvalue weighted by atomic mass is 10.2. The Balaban J connectivity index is 1.79. The molecule has 0 aliphatic rings. The molecule has 0 radical (unpaired) electrons. The molecule has 2 amide bonds. The fraction of sp³-hybridized carbons (Fsp3) is 0.130. The Kier molecular flexibility index (Phi) is 6.89. The maximum absolute atomic E-state index is 12.8. The summed E-state index contributed by atoms with van der Waals surface area (Å²) in [4.78, 5) is 32.6. The summed E-state index contributed by atoms with van der Waals surface area (Å²) in [5, 5.41) is 8.65. The molecule has 3 rings (SSSR count). The summed E-state index contributed by atoms with van der Waals surface area (Å²) in [7, 11) is 0. The van der Waals surface area contributed by atoms with Gasteiger partial charge in [0.2, 0.25) is 11.9 Å². The van der Waals surface area contributed by atoms with E-state index in [0.717, 1.165) is 16.8 Å². The Morgan fingerprint density at radius 2 is 1.67 bits per heavy atom. The van der Waals surface area contributed by atoms with E-state index < -0.39 is 0 Å². The highest BCUT2D eigenvalue weighted by molar-refractivity contribution is 6.10. The van der Waals surface area contributed by atoms with Gasteiger partial charge in [-0.15, -0.1) is 0 Å². The largest absolute Gasteiger partial charge is 0.326 e. The van der Waals surface area contributed by atoms with Gasteiger partial charge in [0.1, 0.15) is 0 Å². The van der Waals surface area contributed by atoms with Crippen LogP contribution in [0, 0.1) is 6.92 Å². The molecule has 3 aromatic rings. The van der Waals surface area contributed by atoms with Gasteiger partial charge in [-0.1, -0.05) is 23.8 Å². The third-order valence-electron chi connectivity index (χ3n) is 4.16. The van der Waals surface area contributed by atoms with Crippen LogP contribution in [-0.2, 0) is 11.3 Å². The van der Waals surface area contributed by atoms with Crippen LogP contribution in [0.3, 0.4) is 0 Å². The molecule has 0 saturated heterocycles. The molecule has 0 aliphatic heterocycles. The number of guanidine groups is 1. The number of nitrogens with one attached hydrogen (secondary N) is 3. The molecule has 1 heterocycles. The third-order valence-corrected chi connectivity index (χ3v) is 4.16. The van der Waals surface area contributed by atoms with E-state index in [-0.39, 0.29) is 11.8 Å². The van der Waals surface area contributed by atoms with E-state index in [2.05, 4.69) is 25.9 Å². The lowest BCUT2D eigenvalue weighted by molar-refractivity contribution is -0.114. The number of hydrogen-bond acceptors (Lipinski definition) is 4. The van der Waals surface area contributed by atoms with Gasteiger partial charge in [0.05, 0.1) is 6.54 Å². The van der Waals surface area contributed by atoms with Crippen LogP contribution in [0.1, 0.15) is 28.4 Å². The summed E-state index contributed by atoms with van der Waals surface area (Å²) in [5.74, 6) is -0.214. The van der Waals surface area contributed by atoms with Crippen molar-refractivity contribution in [3.05, 3.63) is 89.7 Å². The summed E-state index contributed by atoms with van der Waals surface area (Å²) >= 11 is 0. The molecule has 7 nitrogen and oxygen atoms in total. The van der Waals surface area contributed by atoms with Crippen molar-refractivity contribution in [2.24, 2.45) is 4.99 Å². The molecule has 152 valence electrons. The number of amides is 2.